The van der Waals surface area contributed by atoms with Gasteiger partial charge in [0.25, 0.3) is 0 Å². The molecule has 1 unspecified atom stereocenters. The van der Waals surface area contributed by atoms with Crippen LogP contribution in [0, 0.1) is 12.1 Å². The monoisotopic (exact) mass is 324 g/mol. The molecule has 1 N–H and O–H groups in total. The summed E-state index contributed by atoms with van der Waals surface area (Å²) in [6.45, 7) is 1.83. The molecule has 0 spiro atoms. The molecule has 5 nitrogen and oxygen atoms in total. The summed E-state index contributed by atoms with van der Waals surface area (Å²) < 4.78 is 23.5. The molecule has 7 heteroatoms. The lowest BCUT2D eigenvalue weighted by Crippen LogP contribution is -3.09. The van der Waals surface area contributed by atoms with Crippen LogP contribution in [0.3, 0.4) is 0 Å². The Kier molecular flexibility index (Phi) is 5.35. The predicted molar refractivity (Wildman–Crippen MR) is 82.5 cm³/mol. The summed E-state index contributed by atoms with van der Waals surface area (Å²) in [6.07, 6.45) is 1.66. The average molecular weight is 324 g/mol. The minimum absolute atomic E-state index is 0.0303. The predicted octanol–water partition coefficient (Wildman–Crippen LogP) is 1.25. The molecule has 2 rings (SSSR count). The van der Waals surface area contributed by atoms with Gasteiger partial charge < -0.3 is 5.21 Å². The first kappa shape index (κ1) is 16.0. The lowest BCUT2D eigenvalue weighted by Gasteiger charge is -2.21. The first-order valence-corrected chi connectivity index (χ1v) is 8.85. The topological polar surface area (TPSA) is 74.5 Å². The molecular weight excluding hydrogens is 308 g/mol. The third-order valence-corrected chi connectivity index (χ3v) is 5.47. The Morgan fingerprint density at radius 1 is 1.19 bits per heavy atom. The van der Waals surface area contributed by atoms with E-state index in [0.717, 1.165) is 10.6 Å². The molecular formula is C14H16N2O3S2. The van der Waals surface area contributed by atoms with Crippen LogP contribution in [0.25, 0.3) is 0 Å². The number of aromatic nitrogens is 1. The van der Waals surface area contributed by atoms with Gasteiger partial charge in [-0.1, -0.05) is 23.8 Å². The van der Waals surface area contributed by atoms with Crippen molar-refractivity contribution in [2.75, 3.05) is 12.3 Å². The number of hydrogen-bond donors (Lipinski definition) is 1. The van der Waals surface area contributed by atoms with Crippen LogP contribution in [0.5, 0.6) is 0 Å². The second kappa shape index (κ2) is 7.04. The van der Waals surface area contributed by atoms with Crippen molar-refractivity contribution in [3.8, 4) is 0 Å². The number of thioether (sulfide) groups is 1. The Morgan fingerprint density at radius 2 is 1.90 bits per heavy atom. The molecule has 0 saturated carbocycles. The van der Waals surface area contributed by atoms with Crippen LogP contribution >= 0.6 is 11.8 Å². The van der Waals surface area contributed by atoms with Crippen molar-refractivity contribution in [2.24, 2.45) is 0 Å². The van der Waals surface area contributed by atoms with Gasteiger partial charge in [0.2, 0.25) is 0 Å². The van der Waals surface area contributed by atoms with E-state index in [1.165, 1.54) is 23.9 Å². The van der Waals surface area contributed by atoms with Crippen molar-refractivity contribution >= 4 is 21.8 Å². The van der Waals surface area contributed by atoms with Gasteiger partial charge >= 0.3 is 10.0 Å². The van der Waals surface area contributed by atoms with Crippen molar-refractivity contribution in [1.29, 1.82) is 0 Å². The van der Waals surface area contributed by atoms with Crippen molar-refractivity contribution in [3.05, 3.63) is 59.4 Å². The molecule has 0 aliphatic heterocycles. The van der Waals surface area contributed by atoms with Gasteiger partial charge in [-0.25, -0.2) is 4.98 Å². The van der Waals surface area contributed by atoms with Gasteiger partial charge in [-0.2, -0.15) is 8.42 Å². The van der Waals surface area contributed by atoms with Crippen molar-refractivity contribution in [3.63, 3.8) is 0 Å². The molecule has 1 aromatic carbocycles. The van der Waals surface area contributed by atoms with E-state index >= 15 is 0 Å². The summed E-state index contributed by atoms with van der Waals surface area (Å²) in [5, 5.41) is 12.7. The summed E-state index contributed by atoms with van der Waals surface area (Å²) in [5.74, 6) is 0.390. The zero-order valence-corrected chi connectivity index (χ0v) is 13.2. The summed E-state index contributed by atoms with van der Waals surface area (Å²) in [7, 11) is -3.88. The van der Waals surface area contributed by atoms with Crippen LogP contribution in [0.4, 0.5) is 0 Å². The van der Waals surface area contributed by atoms with E-state index in [9.17, 15) is 13.6 Å². The number of hydroxylamine groups is 1. The van der Waals surface area contributed by atoms with E-state index in [2.05, 4.69) is 4.98 Å². The lowest BCUT2D eigenvalue weighted by molar-refractivity contribution is -0.703. The third-order valence-electron chi connectivity index (χ3n) is 2.82. The average Bonchev–Trinajstić information content (AvgIpc) is 2.48. The fraction of sp³-hybridized carbons (Fsp3) is 0.214. The molecule has 0 amide bonds. The van der Waals surface area contributed by atoms with Crippen LogP contribution < -0.4 is 4.47 Å². The fourth-order valence-electron chi connectivity index (χ4n) is 1.65. The van der Waals surface area contributed by atoms with Crippen molar-refractivity contribution < 1.29 is 12.9 Å². The largest absolute Gasteiger partial charge is 0.618 e. The molecule has 0 fully saturated rings. The quantitative estimate of drug-likeness (QED) is 0.639. The van der Waals surface area contributed by atoms with Crippen LogP contribution in [0.1, 0.15) is 5.56 Å². The Labute approximate surface area is 128 Å². The third kappa shape index (κ3) is 4.28. The highest BCUT2D eigenvalue weighted by Gasteiger charge is 2.21. The molecule has 1 aromatic heterocycles. The summed E-state index contributed by atoms with van der Waals surface area (Å²) >= 11 is 1.37. The van der Waals surface area contributed by atoms with Crippen molar-refractivity contribution in [2.45, 2.75) is 16.8 Å². The summed E-state index contributed by atoms with van der Waals surface area (Å²) in [4.78, 5) is 4.16. The molecule has 0 aliphatic rings. The minimum Gasteiger partial charge on any atom is -0.618 e. The number of sulfonamides is 1. The molecule has 1 atom stereocenters. The molecule has 0 aliphatic carbocycles. The van der Waals surface area contributed by atoms with Crippen LogP contribution in [-0.4, -0.2) is 25.7 Å². The standard InChI is InChI=1S/C14H16N2O3S2/c1-12-5-7-13(8-6-12)21(18,19)16(17)10-11-20-14-4-2-3-9-15-14/h2-9,16H,10-11H2,1H3. The van der Waals surface area contributed by atoms with Gasteiger partial charge in [-0.15, -0.1) is 11.8 Å². The molecule has 0 saturated heterocycles. The number of nitrogens with zero attached hydrogens (tertiary/aromatic N) is 1. The number of hydrogen-bond acceptors (Lipinski definition) is 5. The van der Waals surface area contributed by atoms with E-state index in [-0.39, 0.29) is 11.4 Å². The van der Waals surface area contributed by atoms with Gasteiger partial charge in [0.05, 0.1) is 10.8 Å². The fourth-order valence-corrected chi connectivity index (χ4v) is 3.72. The second-order valence-electron chi connectivity index (χ2n) is 4.45. The zero-order chi connectivity index (χ0) is 15.3. The van der Waals surface area contributed by atoms with Crippen molar-refractivity contribution in [1.82, 2.24) is 4.98 Å². The maximum Gasteiger partial charge on any atom is 0.325 e. The van der Waals surface area contributed by atoms with E-state index in [1.807, 2.05) is 19.1 Å². The maximum absolute atomic E-state index is 12.1. The van der Waals surface area contributed by atoms with E-state index in [4.69, 9.17) is 0 Å². The first-order valence-electron chi connectivity index (χ1n) is 6.38. The van der Waals surface area contributed by atoms with Gasteiger partial charge in [0.15, 0.2) is 0 Å². The number of aryl methyl sites for hydroxylation is 1. The van der Waals surface area contributed by atoms with Crippen LogP contribution in [0.15, 0.2) is 58.6 Å². The number of nitrogens with one attached hydrogen (secondary N) is 1. The smallest absolute Gasteiger partial charge is 0.325 e. The van der Waals surface area contributed by atoms with Gasteiger partial charge in [0.1, 0.15) is 11.4 Å². The Balaban J connectivity index is 1.96. The van der Waals surface area contributed by atoms with E-state index < -0.39 is 14.5 Å². The number of benzene rings is 1. The Hall–Kier alpha value is -1.41. The minimum atomic E-state index is -3.88. The highest BCUT2D eigenvalue weighted by atomic mass is 32.2. The van der Waals surface area contributed by atoms with Crippen LogP contribution in [-0.2, 0) is 10.0 Å². The number of quaternary nitrogens is 1. The lowest BCUT2D eigenvalue weighted by atomic mass is 10.2. The molecule has 0 radical (unpaired) electrons. The zero-order valence-electron chi connectivity index (χ0n) is 11.5. The van der Waals surface area contributed by atoms with Gasteiger partial charge in [-0.3, -0.25) is 4.47 Å². The molecule has 0 bridgehead atoms. The van der Waals surface area contributed by atoms with Gasteiger partial charge in [0, 0.05) is 6.20 Å². The maximum atomic E-state index is 12.1. The normalized spacial score (nSPS) is 13.0. The highest BCUT2D eigenvalue weighted by Crippen LogP contribution is 2.12. The summed E-state index contributed by atoms with van der Waals surface area (Å²) in [6, 6.07) is 11.8. The highest BCUT2D eigenvalue weighted by molar-refractivity contribution is 7.99. The number of pyridine rings is 1. The number of rotatable bonds is 6. The summed E-state index contributed by atoms with van der Waals surface area (Å²) in [5.41, 5.74) is 0.951. The molecule has 1 heterocycles. The van der Waals surface area contributed by atoms with E-state index in [1.54, 1.807) is 24.4 Å². The molecule has 21 heavy (non-hydrogen) atoms. The SMILES string of the molecule is Cc1ccc(S(=O)(=O)[NH+]([O-])CCSc2ccccn2)cc1. The van der Waals surface area contributed by atoms with E-state index in [0.29, 0.717) is 5.75 Å². The molecule has 2 aromatic rings. The Morgan fingerprint density at radius 3 is 2.52 bits per heavy atom. The van der Waals surface area contributed by atoms with Gasteiger partial charge in [-0.05, 0) is 31.2 Å². The molecule has 112 valence electrons. The van der Waals surface area contributed by atoms with Crippen LogP contribution in [0.2, 0.25) is 0 Å². The second-order valence-corrected chi connectivity index (χ2v) is 7.50. The first-order chi connectivity index (χ1) is 10.00. The Bertz CT molecular complexity index is 673.